The van der Waals surface area contributed by atoms with Crippen molar-refractivity contribution in [1.82, 2.24) is 0 Å². The zero-order valence-corrected chi connectivity index (χ0v) is 13.7. The van der Waals surface area contributed by atoms with E-state index in [4.69, 9.17) is 56.6 Å². The van der Waals surface area contributed by atoms with Crippen LogP contribution in [0.5, 0.6) is 0 Å². The van der Waals surface area contributed by atoms with Gasteiger partial charge in [-0.05, 0) is 0 Å². The highest BCUT2D eigenvalue weighted by Crippen LogP contribution is 2.49. The largest absolute Gasteiger partial charge is 0.396 e. The molecule has 0 aliphatic heterocycles. The minimum atomic E-state index is 0.00752. The van der Waals surface area contributed by atoms with E-state index in [0.717, 1.165) is 0 Å². The molecule has 0 spiro atoms. The maximum atomic E-state index is 8.81. The molecule has 0 unspecified atom stereocenters. The molecule has 0 bridgehead atoms. The second kappa shape index (κ2) is 8.32. The van der Waals surface area contributed by atoms with Crippen LogP contribution in [0.15, 0.2) is 9.79 Å². The molecule has 0 heterocycles. The molecule has 102 valence electrons. The van der Waals surface area contributed by atoms with E-state index in [9.17, 15) is 0 Å². The third-order valence-corrected chi connectivity index (χ3v) is 6.18. The Kier molecular flexibility index (Phi) is 7.89. The Labute approximate surface area is 134 Å². The number of aliphatic hydroxyl groups excluding tert-OH is 2. The monoisotopic (exact) mass is 366 g/mol. The van der Waals surface area contributed by atoms with E-state index in [1.54, 1.807) is 0 Å². The fraction of sp³-hybridized carbons (Fsp3) is 0.400. The van der Waals surface area contributed by atoms with Gasteiger partial charge in [0, 0.05) is 21.3 Å². The Morgan fingerprint density at radius 3 is 1.17 bits per heavy atom. The number of benzene rings is 1. The minimum Gasteiger partial charge on any atom is -0.396 e. The molecule has 2 N–H and O–H groups in total. The molecule has 1 rings (SSSR count). The van der Waals surface area contributed by atoms with E-state index in [1.165, 1.54) is 23.5 Å². The zero-order valence-electron chi connectivity index (χ0n) is 9.05. The highest BCUT2D eigenvalue weighted by Gasteiger charge is 2.20. The van der Waals surface area contributed by atoms with Gasteiger partial charge in [0.2, 0.25) is 0 Å². The van der Waals surface area contributed by atoms with Crippen LogP contribution < -0.4 is 0 Å². The van der Waals surface area contributed by atoms with Crippen LogP contribution in [0.25, 0.3) is 0 Å². The van der Waals surface area contributed by atoms with E-state index in [2.05, 4.69) is 0 Å². The molecule has 1 aromatic rings. The van der Waals surface area contributed by atoms with Gasteiger partial charge in [-0.25, -0.2) is 0 Å². The standard InChI is InChI=1S/C10H10Cl4O2S2/c11-5-7(13)10(18-4-2-16)8(14)6(12)9(5)17-3-1-15/h15-16H,1-4H2. The average molecular weight is 368 g/mol. The molecule has 0 amide bonds. The van der Waals surface area contributed by atoms with Crippen molar-refractivity contribution in [3.63, 3.8) is 0 Å². The smallest absolute Gasteiger partial charge is 0.0755 e. The van der Waals surface area contributed by atoms with Crippen molar-refractivity contribution in [2.75, 3.05) is 24.7 Å². The van der Waals surface area contributed by atoms with Gasteiger partial charge in [0.25, 0.3) is 0 Å². The molecular formula is C10H10Cl4O2S2. The molecule has 0 saturated heterocycles. The van der Waals surface area contributed by atoms with Crippen LogP contribution in [-0.4, -0.2) is 34.9 Å². The summed E-state index contributed by atoms with van der Waals surface area (Å²) in [5.74, 6) is 0.907. The van der Waals surface area contributed by atoms with Crippen molar-refractivity contribution < 1.29 is 10.2 Å². The van der Waals surface area contributed by atoms with Gasteiger partial charge < -0.3 is 10.2 Å². The van der Waals surface area contributed by atoms with Crippen molar-refractivity contribution in [1.29, 1.82) is 0 Å². The molecule has 0 aliphatic carbocycles. The first-order chi connectivity index (χ1) is 8.54. The molecule has 0 fully saturated rings. The predicted molar refractivity (Wildman–Crippen MR) is 82.1 cm³/mol. The van der Waals surface area contributed by atoms with Gasteiger partial charge in [0.15, 0.2) is 0 Å². The van der Waals surface area contributed by atoms with Crippen LogP contribution in [0.2, 0.25) is 20.1 Å². The highest BCUT2D eigenvalue weighted by atomic mass is 35.5. The maximum Gasteiger partial charge on any atom is 0.0755 e. The Morgan fingerprint density at radius 1 is 0.667 bits per heavy atom. The second-order valence-electron chi connectivity index (χ2n) is 3.06. The summed E-state index contributed by atoms with van der Waals surface area (Å²) in [5.41, 5.74) is 0. The van der Waals surface area contributed by atoms with Gasteiger partial charge in [-0.15, -0.1) is 23.5 Å². The van der Waals surface area contributed by atoms with Crippen molar-refractivity contribution in [3.05, 3.63) is 20.1 Å². The zero-order chi connectivity index (χ0) is 13.7. The van der Waals surface area contributed by atoms with Gasteiger partial charge in [-0.3, -0.25) is 0 Å². The lowest BCUT2D eigenvalue weighted by Crippen LogP contribution is -1.92. The second-order valence-corrected chi connectivity index (χ2v) is 6.78. The molecular weight excluding hydrogens is 358 g/mol. The molecule has 0 aliphatic rings. The van der Waals surface area contributed by atoms with Gasteiger partial charge in [-0.2, -0.15) is 0 Å². The Morgan fingerprint density at radius 2 is 0.944 bits per heavy atom. The fourth-order valence-electron chi connectivity index (χ4n) is 1.14. The first kappa shape index (κ1) is 17.1. The van der Waals surface area contributed by atoms with E-state index in [1.807, 2.05) is 0 Å². The van der Waals surface area contributed by atoms with Gasteiger partial charge in [0.05, 0.1) is 33.3 Å². The molecule has 2 nitrogen and oxygen atoms in total. The van der Waals surface area contributed by atoms with Crippen LogP contribution >= 0.6 is 69.9 Å². The highest BCUT2D eigenvalue weighted by molar-refractivity contribution is 8.00. The lowest BCUT2D eigenvalue weighted by atomic mass is 10.3. The summed E-state index contributed by atoms with van der Waals surface area (Å²) in [6.45, 7) is 0.0150. The van der Waals surface area contributed by atoms with Crippen molar-refractivity contribution in [3.8, 4) is 0 Å². The van der Waals surface area contributed by atoms with Crippen LogP contribution in [-0.2, 0) is 0 Å². The third kappa shape index (κ3) is 4.00. The summed E-state index contributed by atoms with van der Waals surface area (Å²) in [5, 5.41) is 18.9. The van der Waals surface area contributed by atoms with Crippen LogP contribution in [0.3, 0.4) is 0 Å². The predicted octanol–water partition coefficient (Wildman–Crippen LogP) is 4.47. The Bertz CT molecular complexity index is 361. The summed E-state index contributed by atoms with van der Waals surface area (Å²) in [6.07, 6.45) is 0. The van der Waals surface area contributed by atoms with E-state index < -0.39 is 0 Å². The summed E-state index contributed by atoms with van der Waals surface area (Å²) in [4.78, 5) is 1.13. The van der Waals surface area contributed by atoms with E-state index >= 15 is 0 Å². The van der Waals surface area contributed by atoms with E-state index in [-0.39, 0.29) is 13.2 Å². The summed E-state index contributed by atoms with van der Waals surface area (Å²) < 4.78 is 0. The van der Waals surface area contributed by atoms with E-state index in [0.29, 0.717) is 41.4 Å². The molecule has 0 saturated carbocycles. The van der Waals surface area contributed by atoms with Gasteiger partial charge in [-0.1, -0.05) is 46.4 Å². The maximum absolute atomic E-state index is 8.81. The molecule has 0 radical (unpaired) electrons. The first-order valence-corrected chi connectivity index (χ1v) is 8.36. The number of hydrogen-bond acceptors (Lipinski definition) is 4. The number of rotatable bonds is 6. The van der Waals surface area contributed by atoms with Crippen LogP contribution in [0.1, 0.15) is 0 Å². The summed E-state index contributed by atoms with van der Waals surface area (Å²) in [6, 6.07) is 0. The Balaban J connectivity index is 3.18. The molecule has 0 atom stereocenters. The van der Waals surface area contributed by atoms with Crippen LogP contribution in [0, 0.1) is 0 Å². The number of aliphatic hydroxyl groups is 2. The van der Waals surface area contributed by atoms with Crippen LogP contribution in [0.4, 0.5) is 0 Å². The van der Waals surface area contributed by atoms with Crippen molar-refractivity contribution in [2.24, 2.45) is 0 Å². The van der Waals surface area contributed by atoms with Crippen molar-refractivity contribution in [2.45, 2.75) is 9.79 Å². The molecule has 18 heavy (non-hydrogen) atoms. The fourth-order valence-corrected chi connectivity index (χ4v) is 4.38. The van der Waals surface area contributed by atoms with Gasteiger partial charge >= 0.3 is 0 Å². The third-order valence-electron chi connectivity index (χ3n) is 1.86. The minimum absolute atomic E-state index is 0.00752. The lowest BCUT2D eigenvalue weighted by Gasteiger charge is -2.14. The van der Waals surface area contributed by atoms with Crippen molar-refractivity contribution >= 4 is 69.9 Å². The molecule has 8 heteroatoms. The topological polar surface area (TPSA) is 40.5 Å². The quantitative estimate of drug-likeness (QED) is 0.574. The first-order valence-electron chi connectivity index (χ1n) is 4.87. The molecule has 0 aromatic heterocycles. The Hall–Kier alpha value is 1.000. The normalized spacial score (nSPS) is 11.0. The molecule has 1 aromatic carbocycles. The summed E-state index contributed by atoms with van der Waals surface area (Å²) in [7, 11) is 0. The number of thioether (sulfide) groups is 2. The average Bonchev–Trinajstić information content (AvgIpc) is 2.37. The number of halogens is 4. The number of hydrogen-bond donors (Lipinski definition) is 2. The SMILES string of the molecule is OCCSc1c(Cl)c(Cl)c(SCCO)c(Cl)c1Cl. The lowest BCUT2D eigenvalue weighted by molar-refractivity contribution is 0.322. The van der Waals surface area contributed by atoms with Gasteiger partial charge in [0.1, 0.15) is 0 Å². The summed E-state index contributed by atoms with van der Waals surface area (Å²) >= 11 is 27.1.